The van der Waals surface area contributed by atoms with Crippen LogP contribution in [0.25, 0.3) is 0 Å². The van der Waals surface area contributed by atoms with Crippen LogP contribution in [0.5, 0.6) is 0 Å². The Bertz CT molecular complexity index is 313. The van der Waals surface area contributed by atoms with Gasteiger partial charge >= 0.3 is 0 Å². The van der Waals surface area contributed by atoms with Gasteiger partial charge in [-0.25, -0.2) is 4.98 Å². The van der Waals surface area contributed by atoms with Crippen LogP contribution in [0.1, 0.15) is 26.3 Å². The Labute approximate surface area is 96.3 Å². The first kappa shape index (κ1) is 12.9. The molecule has 0 amide bonds. The van der Waals surface area contributed by atoms with Gasteiger partial charge < -0.3 is 15.5 Å². The van der Waals surface area contributed by atoms with Gasteiger partial charge in [0.25, 0.3) is 0 Å². The number of aliphatic hydroxyl groups excluding tert-OH is 2. The van der Waals surface area contributed by atoms with E-state index < -0.39 is 0 Å². The quantitative estimate of drug-likeness (QED) is 0.717. The maximum absolute atomic E-state index is 8.92. The minimum absolute atomic E-state index is 0.0822. The van der Waals surface area contributed by atoms with Crippen molar-refractivity contribution in [1.82, 2.24) is 4.98 Å². The number of pyridine rings is 1. The standard InChI is InChI=1S/C12H20N2O2/c1-12(2,3)9-4-5-11(13-6-9)14-10(7-15)8-16/h4-6,10,15-16H,7-8H2,1-3H3,(H,13,14). The minimum atomic E-state index is -0.354. The summed E-state index contributed by atoms with van der Waals surface area (Å²) in [5, 5.41) is 20.8. The molecule has 90 valence electrons. The number of rotatable bonds is 4. The number of hydrogen-bond donors (Lipinski definition) is 3. The molecule has 0 aliphatic rings. The molecule has 3 N–H and O–H groups in total. The highest BCUT2D eigenvalue weighted by atomic mass is 16.3. The summed E-state index contributed by atoms with van der Waals surface area (Å²) in [5.74, 6) is 0.668. The lowest BCUT2D eigenvalue weighted by molar-refractivity contribution is 0.203. The lowest BCUT2D eigenvalue weighted by Crippen LogP contribution is -2.28. The second kappa shape index (κ2) is 5.27. The largest absolute Gasteiger partial charge is 0.394 e. The van der Waals surface area contributed by atoms with E-state index in [1.807, 2.05) is 18.3 Å². The average Bonchev–Trinajstić information content (AvgIpc) is 2.25. The Morgan fingerprint density at radius 2 is 1.88 bits per heavy atom. The molecule has 1 aromatic heterocycles. The molecule has 1 heterocycles. The van der Waals surface area contributed by atoms with Gasteiger partial charge in [0.2, 0.25) is 0 Å². The van der Waals surface area contributed by atoms with Crippen LogP contribution in [0.3, 0.4) is 0 Å². The van der Waals surface area contributed by atoms with E-state index in [2.05, 4.69) is 31.1 Å². The molecule has 1 aromatic rings. The Morgan fingerprint density at radius 1 is 1.25 bits per heavy atom. The Kier molecular flexibility index (Phi) is 4.26. The van der Waals surface area contributed by atoms with Crippen LogP contribution in [0.4, 0.5) is 5.82 Å². The van der Waals surface area contributed by atoms with Crippen LogP contribution < -0.4 is 5.32 Å². The Balaban J connectivity index is 2.72. The second-order valence-electron chi connectivity index (χ2n) is 4.89. The first-order chi connectivity index (χ1) is 7.47. The van der Waals surface area contributed by atoms with E-state index in [1.165, 1.54) is 0 Å². The summed E-state index contributed by atoms with van der Waals surface area (Å²) < 4.78 is 0. The molecular formula is C12H20N2O2. The summed E-state index contributed by atoms with van der Waals surface area (Å²) in [5.41, 5.74) is 1.24. The maximum Gasteiger partial charge on any atom is 0.126 e. The fraction of sp³-hybridized carbons (Fsp3) is 0.583. The van der Waals surface area contributed by atoms with Gasteiger partial charge in [-0.15, -0.1) is 0 Å². The molecule has 0 unspecified atom stereocenters. The molecule has 0 radical (unpaired) electrons. The van der Waals surface area contributed by atoms with Crippen molar-refractivity contribution < 1.29 is 10.2 Å². The molecule has 0 aliphatic heterocycles. The van der Waals surface area contributed by atoms with Crippen molar-refractivity contribution in [2.75, 3.05) is 18.5 Å². The topological polar surface area (TPSA) is 65.4 Å². The molecule has 0 spiro atoms. The molecule has 0 bridgehead atoms. The third kappa shape index (κ3) is 3.47. The van der Waals surface area contributed by atoms with Crippen molar-refractivity contribution in [3.63, 3.8) is 0 Å². The van der Waals surface area contributed by atoms with Crippen molar-refractivity contribution in [2.24, 2.45) is 0 Å². The van der Waals surface area contributed by atoms with E-state index in [0.717, 1.165) is 5.56 Å². The van der Waals surface area contributed by atoms with Crippen LogP contribution in [-0.4, -0.2) is 34.5 Å². The zero-order valence-electron chi connectivity index (χ0n) is 10.1. The fourth-order valence-electron chi connectivity index (χ4n) is 1.28. The second-order valence-corrected chi connectivity index (χ2v) is 4.89. The highest BCUT2D eigenvalue weighted by Crippen LogP contribution is 2.21. The molecule has 0 saturated carbocycles. The molecule has 0 fully saturated rings. The SMILES string of the molecule is CC(C)(C)c1ccc(NC(CO)CO)nc1. The summed E-state index contributed by atoms with van der Waals surface area (Å²) in [6.07, 6.45) is 1.81. The van der Waals surface area contributed by atoms with Crippen molar-refractivity contribution in [1.29, 1.82) is 0 Å². The number of nitrogens with zero attached hydrogens (tertiary/aromatic N) is 1. The first-order valence-corrected chi connectivity index (χ1v) is 5.42. The summed E-state index contributed by atoms with van der Waals surface area (Å²) in [6.45, 7) is 6.16. The molecule has 4 nitrogen and oxygen atoms in total. The highest BCUT2D eigenvalue weighted by molar-refractivity contribution is 5.38. The zero-order valence-corrected chi connectivity index (χ0v) is 10.1. The number of aromatic nitrogens is 1. The average molecular weight is 224 g/mol. The zero-order chi connectivity index (χ0) is 12.2. The summed E-state index contributed by atoms with van der Waals surface area (Å²) in [6, 6.07) is 3.51. The van der Waals surface area contributed by atoms with Gasteiger partial charge in [0.1, 0.15) is 5.82 Å². The van der Waals surface area contributed by atoms with Crippen molar-refractivity contribution in [3.8, 4) is 0 Å². The van der Waals surface area contributed by atoms with Gasteiger partial charge in [-0.3, -0.25) is 0 Å². The predicted octanol–water partition coefficient (Wildman–Crippen LogP) is 1.14. The van der Waals surface area contributed by atoms with Gasteiger partial charge in [-0.1, -0.05) is 26.8 Å². The van der Waals surface area contributed by atoms with Gasteiger partial charge in [-0.2, -0.15) is 0 Å². The van der Waals surface area contributed by atoms with Gasteiger partial charge in [0.15, 0.2) is 0 Å². The van der Waals surface area contributed by atoms with E-state index >= 15 is 0 Å². The van der Waals surface area contributed by atoms with Crippen molar-refractivity contribution in [2.45, 2.75) is 32.2 Å². The lowest BCUT2D eigenvalue weighted by Gasteiger charge is -2.19. The van der Waals surface area contributed by atoms with Crippen molar-refractivity contribution >= 4 is 5.82 Å². The predicted molar refractivity (Wildman–Crippen MR) is 64.5 cm³/mol. The van der Waals surface area contributed by atoms with E-state index in [1.54, 1.807) is 0 Å². The summed E-state index contributed by atoms with van der Waals surface area (Å²) >= 11 is 0. The molecule has 0 aliphatic carbocycles. The van der Waals surface area contributed by atoms with E-state index in [-0.39, 0.29) is 24.7 Å². The molecule has 16 heavy (non-hydrogen) atoms. The Morgan fingerprint density at radius 3 is 2.25 bits per heavy atom. The van der Waals surface area contributed by atoms with Crippen LogP contribution in [0.15, 0.2) is 18.3 Å². The molecule has 4 heteroatoms. The van der Waals surface area contributed by atoms with Crippen molar-refractivity contribution in [3.05, 3.63) is 23.9 Å². The number of hydrogen-bond acceptors (Lipinski definition) is 4. The molecular weight excluding hydrogens is 204 g/mol. The summed E-state index contributed by atoms with van der Waals surface area (Å²) in [4.78, 5) is 4.25. The van der Waals surface area contributed by atoms with E-state index in [0.29, 0.717) is 5.82 Å². The van der Waals surface area contributed by atoms with E-state index in [9.17, 15) is 0 Å². The lowest BCUT2D eigenvalue weighted by atomic mass is 9.88. The van der Waals surface area contributed by atoms with E-state index in [4.69, 9.17) is 10.2 Å². The monoisotopic (exact) mass is 224 g/mol. The first-order valence-electron chi connectivity index (χ1n) is 5.42. The highest BCUT2D eigenvalue weighted by Gasteiger charge is 2.14. The summed E-state index contributed by atoms with van der Waals surface area (Å²) in [7, 11) is 0. The molecule has 0 atom stereocenters. The molecule has 0 aromatic carbocycles. The van der Waals surface area contributed by atoms with Crippen LogP contribution >= 0.6 is 0 Å². The molecule has 0 saturated heterocycles. The number of aliphatic hydroxyl groups is 2. The van der Waals surface area contributed by atoms with Crippen LogP contribution in [0.2, 0.25) is 0 Å². The number of anilines is 1. The fourth-order valence-corrected chi connectivity index (χ4v) is 1.28. The Hall–Kier alpha value is -1.13. The smallest absolute Gasteiger partial charge is 0.126 e. The third-order valence-corrected chi connectivity index (χ3v) is 2.42. The minimum Gasteiger partial charge on any atom is -0.394 e. The third-order valence-electron chi connectivity index (χ3n) is 2.42. The maximum atomic E-state index is 8.92. The van der Waals surface area contributed by atoms with Gasteiger partial charge in [0.05, 0.1) is 19.3 Å². The van der Waals surface area contributed by atoms with Gasteiger partial charge in [0, 0.05) is 6.20 Å². The van der Waals surface area contributed by atoms with Crippen LogP contribution in [0, 0.1) is 0 Å². The van der Waals surface area contributed by atoms with Gasteiger partial charge in [-0.05, 0) is 17.0 Å². The normalized spacial score (nSPS) is 11.9. The van der Waals surface area contributed by atoms with Crippen LogP contribution in [-0.2, 0) is 5.41 Å². The number of nitrogens with one attached hydrogen (secondary N) is 1. The molecule has 1 rings (SSSR count).